The zero-order valence-electron chi connectivity index (χ0n) is 16.7. The van der Waals surface area contributed by atoms with E-state index in [2.05, 4.69) is 37.4 Å². The van der Waals surface area contributed by atoms with Crippen LogP contribution in [-0.2, 0) is 4.79 Å². The number of imidazole rings is 1. The molecular formula is C20H18ClFIN6OP. The molecule has 1 unspecified atom stereocenters. The molecule has 0 spiro atoms. The molecular weight excluding hydrogens is 553 g/mol. The molecule has 7 nitrogen and oxygen atoms in total. The van der Waals surface area contributed by atoms with Gasteiger partial charge in [0.2, 0.25) is 5.91 Å². The van der Waals surface area contributed by atoms with E-state index in [-0.39, 0.29) is 16.8 Å². The van der Waals surface area contributed by atoms with Crippen molar-refractivity contribution in [3.8, 4) is 11.1 Å². The van der Waals surface area contributed by atoms with Gasteiger partial charge in [-0.15, -0.1) is 0 Å². The van der Waals surface area contributed by atoms with Crippen molar-refractivity contribution >= 4 is 74.0 Å². The second-order valence-corrected chi connectivity index (χ2v) is 10.1. The van der Waals surface area contributed by atoms with Crippen molar-refractivity contribution in [3.05, 3.63) is 41.6 Å². The van der Waals surface area contributed by atoms with Crippen LogP contribution in [0.25, 0.3) is 27.7 Å². The normalized spacial score (nSPS) is 14.2. The largest absolute Gasteiger partial charge is 0.373 e. The van der Waals surface area contributed by atoms with Crippen LogP contribution in [0.5, 0.6) is 0 Å². The number of pyridine rings is 1. The number of aromatic nitrogens is 4. The van der Waals surface area contributed by atoms with E-state index in [1.165, 1.54) is 0 Å². The minimum absolute atomic E-state index is 0.00164. The Morgan fingerprint density at radius 2 is 2.13 bits per heavy atom. The number of benzene rings is 1. The van der Waals surface area contributed by atoms with Gasteiger partial charge in [-0.3, -0.25) is 4.79 Å². The van der Waals surface area contributed by atoms with Crippen LogP contribution < -0.4 is 10.2 Å². The molecule has 1 saturated carbocycles. The fourth-order valence-corrected chi connectivity index (χ4v) is 5.53. The molecule has 1 atom stereocenters. The predicted octanol–water partition coefficient (Wildman–Crippen LogP) is 5.35. The van der Waals surface area contributed by atoms with Crippen LogP contribution >= 0.6 is 40.0 Å². The number of rotatable bonds is 5. The Morgan fingerprint density at radius 3 is 2.81 bits per heavy atom. The number of hydrogen-bond donors (Lipinski definition) is 1. The van der Waals surface area contributed by atoms with Crippen molar-refractivity contribution in [2.45, 2.75) is 12.8 Å². The second-order valence-electron chi connectivity index (χ2n) is 7.72. The Labute approximate surface area is 197 Å². The first kappa shape index (κ1) is 20.9. The Bertz CT molecular complexity index is 1350. The second kappa shape index (κ2) is 7.86. The van der Waals surface area contributed by atoms with Gasteiger partial charge in [0.15, 0.2) is 11.6 Å². The molecule has 1 aliphatic rings. The molecule has 3 aromatic heterocycles. The summed E-state index contributed by atoms with van der Waals surface area (Å²) in [6, 6.07) is 3.68. The molecule has 3 heterocycles. The third-order valence-electron chi connectivity index (χ3n) is 5.35. The monoisotopic (exact) mass is 570 g/mol. The Hall–Kier alpha value is -1.97. The van der Waals surface area contributed by atoms with Gasteiger partial charge in [-0.2, -0.15) is 5.10 Å². The average molecular weight is 571 g/mol. The third-order valence-corrected chi connectivity index (χ3v) is 7.57. The molecule has 0 aliphatic heterocycles. The first-order valence-electron chi connectivity index (χ1n) is 9.61. The smallest absolute Gasteiger partial charge is 0.228 e. The fraction of sp³-hybridized carbons (Fsp3) is 0.250. The zero-order chi connectivity index (χ0) is 21.9. The lowest BCUT2D eigenvalue weighted by molar-refractivity contribution is -0.117. The van der Waals surface area contributed by atoms with Gasteiger partial charge in [-0.1, -0.05) is 11.6 Å². The average Bonchev–Trinajstić information content (AvgIpc) is 3.40. The number of nitrogens with zero attached hydrogens (tertiary/aromatic N) is 5. The molecule has 1 fully saturated rings. The highest BCUT2D eigenvalue weighted by atomic mass is 127. The van der Waals surface area contributed by atoms with E-state index in [1.54, 1.807) is 35.8 Å². The maximum Gasteiger partial charge on any atom is 0.228 e. The molecule has 31 heavy (non-hydrogen) atoms. The molecule has 1 aromatic carbocycles. The Morgan fingerprint density at radius 1 is 1.35 bits per heavy atom. The summed E-state index contributed by atoms with van der Waals surface area (Å²) >= 11 is 8.78. The van der Waals surface area contributed by atoms with E-state index in [0.717, 1.165) is 23.8 Å². The molecule has 1 amide bonds. The van der Waals surface area contributed by atoms with Gasteiger partial charge < -0.3 is 14.6 Å². The third kappa shape index (κ3) is 3.56. The lowest BCUT2D eigenvalue weighted by atomic mass is 10.0. The van der Waals surface area contributed by atoms with Crippen molar-refractivity contribution in [1.29, 1.82) is 0 Å². The summed E-state index contributed by atoms with van der Waals surface area (Å²) in [6.07, 6.45) is 7.50. The first-order chi connectivity index (χ1) is 14.9. The molecule has 5 rings (SSSR count). The zero-order valence-corrected chi connectivity index (χ0v) is 20.6. The Kier molecular flexibility index (Phi) is 5.30. The number of nitrogens with one attached hydrogen (secondary N) is 1. The van der Waals surface area contributed by atoms with E-state index < -0.39 is 5.82 Å². The lowest BCUT2D eigenvalue weighted by Gasteiger charge is -2.19. The summed E-state index contributed by atoms with van der Waals surface area (Å²) in [4.78, 5) is 18.2. The van der Waals surface area contributed by atoms with Crippen LogP contribution in [-0.4, -0.2) is 38.9 Å². The molecule has 1 aliphatic carbocycles. The summed E-state index contributed by atoms with van der Waals surface area (Å²) in [5.41, 5.74) is 3.12. The van der Waals surface area contributed by atoms with E-state index in [9.17, 15) is 4.79 Å². The molecule has 0 radical (unpaired) electrons. The summed E-state index contributed by atoms with van der Waals surface area (Å²) in [6.45, 7) is 0. The van der Waals surface area contributed by atoms with Gasteiger partial charge in [0.25, 0.3) is 0 Å². The van der Waals surface area contributed by atoms with Crippen LogP contribution in [0.3, 0.4) is 0 Å². The van der Waals surface area contributed by atoms with E-state index in [0.29, 0.717) is 34.6 Å². The summed E-state index contributed by atoms with van der Waals surface area (Å²) in [5.74, 6) is 0.120. The Balaban J connectivity index is 1.66. The van der Waals surface area contributed by atoms with Gasteiger partial charge in [0, 0.05) is 42.7 Å². The number of carbonyl (C=O) groups is 1. The minimum atomic E-state index is -0.478. The summed E-state index contributed by atoms with van der Waals surface area (Å²) < 4.78 is 19.0. The van der Waals surface area contributed by atoms with Crippen LogP contribution in [0.4, 0.5) is 15.9 Å². The number of carbonyl (C=O) groups excluding carboxylic acids is 1. The number of halogens is 3. The highest BCUT2D eigenvalue weighted by Crippen LogP contribution is 2.45. The highest BCUT2D eigenvalue weighted by Gasteiger charge is 2.30. The van der Waals surface area contributed by atoms with Gasteiger partial charge in [0.05, 0.1) is 29.3 Å². The van der Waals surface area contributed by atoms with Crippen LogP contribution in [0.1, 0.15) is 12.8 Å². The molecule has 11 heteroatoms. The van der Waals surface area contributed by atoms with Gasteiger partial charge in [0.1, 0.15) is 11.3 Å². The molecule has 0 bridgehead atoms. The minimum Gasteiger partial charge on any atom is -0.373 e. The van der Waals surface area contributed by atoms with Crippen molar-refractivity contribution in [1.82, 2.24) is 18.9 Å². The fourth-order valence-electron chi connectivity index (χ4n) is 3.72. The number of hydrogen-bond acceptors (Lipinski definition) is 4. The number of amides is 1. The van der Waals surface area contributed by atoms with Gasteiger partial charge in [-0.05, 0) is 47.0 Å². The molecule has 0 saturated heterocycles. The van der Waals surface area contributed by atoms with Crippen molar-refractivity contribution in [2.75, 3.05) is 24.3 Å². The number of fused-ring (bicyclic) bond motifs is 2. The standard InChI is InChI=1S/C20H18ClFIN6OP/c1-27(2)19-17(22)16(21)15(12-7-24-29(31-23)18(12)19)11-5-6-14-25-13(9-28(14)8-11)26-20(30)10-3-4-10/h5-10,31H,3-4H2,1-2H3,(H,26,30). The molecule has 1 N–H and O–H groups in total. The van der Waals surface area contributed by atoms with E-state index in [1.807, 2.05) is 22.7 Å². The SMILES string of the molecule is CN(C)c1c(F)c(Cl)c(-c2ccc3nc(NC(=O)C4CC4)cn3c2)c2cnn(PI)c12. The quantitative estimate of drug-likeness (QED) is 0.260. The maximum absolute atomic E-state index is 15.4. The van der Waals surface area contributed by atoms with Crippen molar-refractivity contribution in [2.24, 2.45) is 5.92 Å². The highest BCUT2D eigenvalue weighted by molar-refractivity contribution is 14.2. The topological polar surface area (TPSA) is 67.5 Å². The van der Waals surface area contributed by atoms with Crippen LogP contribution in [0.2, 0.25) is 5.02 Å². The summed E-state index contributed by atoms with van der Waals surface area (Å²) in [5, 5.41) is 8.14. The van der Waals surface area contributed by atoms with Crippen LogP contribution in [0, 0.1) is 11.7 Å². The van der Waals surface area contributed by atoms with E-state index in [4.69, 9.17) is 11.6 Å². The van der Waals surface area contributed by atoms with Gasteiger partial charge >= 0.3 is 0 Å². The molecule has 160 valence electrons. The summed E-state index contributed by atoms with van der Waals surface area (Å²) in [7, 11) is 3.58. The lowest BCUT2D eigenvalue weighted by Crippen LogP contribution is -2.13. The number of anilines is 2. The van der Waals surface area contributed by atoms with Crippen molar-refractivity contribution in [3.63, 3.8) is 0 Å². The van der Waals surface area contributed by atoms with Gasteiger partial charge in [-0.25, -0.2) is 13.8 Å². The predicted molar refractivity (Wildman–Crippen MR) is 132 cm³/mol. The van der Waals surface area contributed by atoms with Crippen LogP contribution in [0.15, 0.2) is 30.7 Å². The first-order valence-corrected chi connectivity index (χ1v) is 14.1. The van der Waals surface area contributed by atoms with E-state index >= 15 is 4.39 Å². The molecule has 4 aromatic rings. The van der Waals surface area contributed by atoms with Crippen molar-refractivity contribution < 1.29 is 9.18 Å². The maximum atomic E-state index is 15.4.